The van der Waals surface area contributed by atoms with Crippen molar-refractivity contribution in [3.63, 3.8) is 0 Å². The zero-order valence-corrected chi connectivity index (χ0v) is 14.5. The van der Waals surface area contributed by atoms with E-state index in [1.54, 1.807) is 18.2 Å². The fraction of sp³-hybridized carbons (Fsp3) is 0.150. The van der Waals surface area contributed by atoms with E-state index in [1.165, 1.54) is 51.9 Å². The summed E-state index contributed by atoms with van der Waals surface area (Å²) in [4.78, 5) is 12.8. The Hall–Kier alpha value is -3.28. The van der Waals surface area contributed by atoms with Gasteiger partial charge in [0.25, 0.3) is 0 Å². The second-order valence-corrected chi connectivity index (χ2v) is 5.42. The van der Waals surface area contributed by atoms with Crippen LogP contribution in [0.2, 0.25) is 0 Å². The monoisotopic (exact) mass is 356 g/mol. The Balaban J connectivity index is 2.02. The van der Waals surface area contributed by atoms with Gasteiger partial charge in [0.2, 0.25) is 5.75 Å². The minimum absolute atomic E-state index is 0.0606. The van der Waals surface area contributed by atoms with Crippen molar-refractivity contribution in [1.82, 2.24) is 0 Å². The van der Waals surface area contributed by atoms with Gasteiger partial charge in [0.05, 0.1) is 33.2 Å². The van der Waals surface area contributed by atoms with Crippen LogP contribution in [0.4, 0.5) is 4.39 Å². The van der Waals surface area contributed by atoms with Gasteiger partial charge in [-0.25, -0.2) is 4.39 Å². The third kappa shape index (κ3) is 3.13. The van der Waals surface area contributed by atoms with Gasteiger partial charge >= 0.3 is 0 Å². The van der Waals surface area contributed by atoms with E-state index >= 15 is 0 Å². The SMILES string of the molecule is COc1cc(C(=O)c2ccc(-c3ccco3)cc2F)cc(OC)c1OC. The van der Waals surface area contributed by atoms with Crippen molar-refractivity contribution in [2.45, 2.75) is 0 Å². The van der Waals surface area contributed by atoms with E-state index in [0.717, 1.165) is 0 Å². The first-order valence-corrected chi connectivity index (χ1v) is 7.77. The molecule has 134 valence electrons. The maximum Gasteiger partial charge on any atom is 0.203 e. The zero-order valence-electron chi connectivity index (χ0n) is 14.5. The van der Waals surface area contributed by atoms with Crippen molar-refractivity contribution in [2.75, 3.05) is 21.3 Å². The highest BCUT2D eigenvalue weighted by molar-refractivity contribution is 6.10. The first-order chi connectivity index (χ1) is 12.6. The maximum absolute atomic E-state index is 14.5. The van der Waals surface area contributed by atoms with Crippen molar-refractivity contribution < 1.29 is 27.8 Å². The molecule has 1 heterocycles. The predicted molar refractivity (Wildman–Crippen MR) is 93.6 cm³/mol. The minimum Gasteiger partial charge on any atom is -0.493 e. The molecule has 0 radical (unpaired) electrons. The lowest BCUT2D eigenvalue weighted by Crippen LogP contribution is -2.06. The predicted octanol–water partition coefficient (Wildman–Crippen LogP) is 4.34. The fourth-order valence-electron chi connectivity index (χ4n) is 2.66. The third-order valence-electron chi connectivity index (χ3n) is 3.95. The molecule has 0 aliphatic carbocycles. The quantitative estimate of drug-likeness (QED) is 0.615. The molecule has 0 N–H and O–H groups in total. The summed E-state index contributed by atoms with van der Waals surface area (Å²) in [6.45, 7) is 0. The van der Waals surface area contributed by atoms with E-state index in [0.29, 0.717) is 28.6 Å². The number of halogens is 1. The van der Waals surface area contributed by atoms with Crippen LogP contribution in [0.3, 0.4) is 0 Å². The summed E-state index contributed by atoms with van der Waals surface area (Å²) in [5, 5.41) is 0. The number of ketones is 1. The molecule has 3 rings (SSSR count). The molecule has 0 saturated heterocycles. The van der Waals surface area contributed by atoms with Crippen LogP contribution in [0.1, 0.15) is 15.9 Å². The Morgan fingerprint density at radius 2 is 1.65 bits per heavy atom. The highest BCUT2D eigenvalue weighted by Gasteiger charge is 2.20. The second-order valence-electron chi connectivity index (χ2n) is 5.42. The van der Waals surface area contributed by atoms with Crippen LogP contribution in [0.15, 0.2) is 53.1 Å². The number of furan rings is 1. The van der Waals surface area contributed by atoms with Gasteiger partial charge in [0, 0.05) is 11.1 Å². The minimum atomic E-state index is -0.641. The van der Waals surface area contributed by atoms with Crippen molar-refractivity contribution in [3.05, 3.63) is 65.7 Å². The van der Waals surface area contributed by atoms with E-state index in [1.807, 2.05) is 0 Å². The lowest BCUT2D eigenvalue weighted by Gasteiger charge is -2.14. The van der Waals surface area contributed by atoms with Gasteiger partial charge in [-0.3, -0.25) is 4.79 Å². The summed E-state index contributed by atoms with van der Waals surface area (Å²) in [5.74, 6) is 0.395. The van der Waals surface area contributed by atoms with E-state index < -0.39 is 11.6 Å². The molecule has 3 aromatic rings. The van der Waals surface area contributed by atoms with Crippen molar-refractivity contribution in [1.29, 1.82) is 0 Å². The molecule has 2 aromatic carbocycles. The largest absolute Gasteiger partial charge is 0.493 e. The molecule has 0 atom stereocenters. The first-order valence-electron chi connectivity index (χ1n) is 7.77. The lowest BCUT2D eigenvalue weighted by molar-refractivity contribution is 0.103. The summed E-state index contributed by atoms with van der Waals surface area (Å²) in [6, 6.07) is 10.7. The second kappa shape index (κ2) is 7.31. The van der Waals surface area contributed by atoms with Crippen molar-refractivity contribution in [3.8, 4) is 28.6 Å². The van der Waals surface area contributed by atoms with Gasteiger partial charge in [0.15, 0.2) is 17.3 Å². The number of carbonyl (C=O) groups is 1. The molecule has 1 aromatic heterocycles. The van der Waals surface area contributed by atoms with Crippen LogP contribution >= 0.6 is 0 Å². The van der Waals surface area contributed by atoms with E-state index in [9.17, 15) is 9.18 Å². The van der Waals surface area contributed by atoms with E-state index in [-0.39, 0.29) is 11.1 Å². The van der Waals surface area contributed by atoms with Crippen molar-refractivity contribution in [2.24, 2.45) is 0 Å². The first kappa shape index (κ1) is 17.5. The molecule has 0 amide bonds. The van der Waals surface area contributed by atoms with Crippen LogP contribution in [0, 0.1) is 5.82 Å². The summed E-state index contributed by atoms with van der Waals surface area (Å²) in [5.41, 5.74) is 0.715. The van der Waals surface area contributed by atoms with Gasteiger partial charge in [-0.2, -0.15) is 0 Å². The smallest absolute Gasteiger partial charge is 0.203 e. The van der Waals surface area contributed by atoms with Crippen LogP contribution in [0.25, 0.3) is 11.3 Å². The molecule has 0 saturated carbocycles. The van der Waals surface area contributed by atoms with Gasteiger partial charge in [-0.05, 0) is 36.4 Å². The van der Waals surface area contributed by atoms with Gasteiger partial charge in [-0.15, -0.1) is 0 Å². The topological polar surface area (TPSA) is 57.9 Å². The number of methoxy groups -OCH3 is 3. The Labute approximate surface area is 149 Å². The molecule has 0 aliphatic heterocycles. The van der Waals surface area contributed by atoms with Gasteiger partial charge in [-0.1, -0.05) is 6.07 Å². The van der Waals surface area contributed by atoms with Crippen LogP contribution in [0.5, 0.6) is 17.2 Å². The maximum atomic E-state index is 14.5. The number of hydrogen-bond donors (Lipinski definition) is 0. The number of benzene rings is 2. The molecule has 0 aliphatic rings. The molecular formula is C20H17FO5. The standard InChI is InChI=1S/C20H17FO5/c1-23-17-10-13(11-18(24-2)20(17)25-3)19(22)14-7-6-12(9-15(14)21)16-5-4-8-26-16/h4-11H,1-3H3. The highest BCUT2D eigenvalue weighted by atomic mass is 19.1. The average Bonchev–Trinajstić information content (AvgIpc) is 3.20. The Morgan fingerprint density at radius 1 is 0.962 bits per heavy atom. The van der Waals surface area contributed by atoms with E-state index in [4.69, 9.17) is 18.6 Å². The number of hydrogen-bond acceptors (Lipinski definition) is 5. The molecule has 0 bridgehead atoms. The lowest BCUT2D eigenvalue weighted by atomic mass is 10.00. The fourth-order valence-corrected chi connectivity index (χ4v) is 2.66. The molecule has 26 heavy (non-hydrogen) atoms. The Kier molecular flexibility index (Phi) is 4.93. The molecule has 0 fully saturated rings. The van der Waals surface area contributed by atoms with Crippen LogP contribution < -0.4 is 14.2 Å². The van der Waals surface area contributed by atoms with Gasteiger partial charge < -0.3 is 18.6 Å². The average molecular weight is 356 g/mol. The summed E-state index contributed by atoms with van der Waals surface area (Å²) < 4.78 is 35.5. The highest BCUT2D eigenvalue weighted by Crippen LogP contribution is 2.39. The van der Waals surface area contributed by atoms with E-state index in [2.05, 4.69) is 0 Å². The molecule has 0 unspecified atom stereocenters. The molecule has 6 heteroatoms. The van der Waals surface area contributed by atoms with Crippen LogP contribution in [-0.4, -0.2) is 27.1 Å². The summed E-state index contributed by atoms with van der Waals surface area (Å²) >= 11 is 0. The number of carbonyl (C=O) groups excluding carboxylic acids is 1. The summed E-state index contributed by atoms with van der Waals surface area (Å²) in [6.07, 6.45) is 1.50. The normalized spacial score (nSPS) is 10.5. The summed E-state index contributed by atoms with van der Waals surface area (Å²) in [7, 11) is 4.36. The number of ether oxygens (including phenoxy) is 3. The molecule has 0 spiro atoms. The zero-order chi connectivity index (χ0) is 18.7. The van der Waals surface area contributed by atoms with Crippen LogP contribution in [-0.2, 0) is 0 Å². The molecular weight excluding hydrogens is 339 g/mol. The Bertz CT molecular complexity index is 906. The molecule has 5 nitrogen and oxygen atoms in total. The van der Waals surface area contributed by atoms with Crippen molar-refractivity contribution >= 4 is 5.78 Å². The third-order valence-corrected chi connectivity index (χ3v) is 3.95. The number of rotatable bonds is 6. The van der Waals surface area contributed by atoms with Gasteiger partial charge in [0.1, 0.15) is 11.6 Å². The Morgan fingerprint density at radius 3 is 2.15 bits per heavy atom.